The van der Waals surface area contributed by atoms with Crippen molar-refractivity contribution in [3.8, 4) is 0 Å². The van der Waals surface area contributed by atoms with Crippen LogP contribution in [0.4, 0.5) is 0 Å². The molecule has 0 aromatic heterocycles. The third-order valence-electron chi connectivity index (χ3n) is 2.39. The van der Waals surface area contributed by atoms with Gasteiger partial charge in [0, 0.05) is 11.8 Å². The summed E-state index contributed by atoms with van der Waals surface area (Å²) in [7, 11) is -1.60. The monoisotopic (exact) mass is 162 g/mol. The maximum absolute atomic E-state index is 9.63. The van der Waals surface area contributed by atoms with Gasteiger partial charge in [-0.1, -0.05) is 13.1 Å². The third-order valence-corrected chi connectivity index (χ3v) is 7.18. The lowest BCUT2D eigenvalue weighted by atomic mass is 10.5. The highest BCUT2D eigenvalue weighted by molar-refractivity contribution is 6.80. The summed E-state index contributed by atoms with van der Waals surface area (Å²) in [5.41, 5.74) is 0. The number of aliphatic hydroxyl groups is 2. The van der Waals surface area contributed by atoms with Crippen molar-refractivity contribution in [3.05, 3.63) is 0 Å². The summed E-state index contributed by atoms with van der Waals surface area (Å²) in [6.45, 7) is 8.03. The lowest BCUT2D eigenvalue weighted by Gasteiger charge is -2.34. The molecule has 62 valence electrons. The first-order chi connectivity index (χ1) is 4.31. The highest BCUT2D eigenvalue weighted by atomic mass is 28.3. The van der Waals surface area contributed by atoms with Gasteiger partial charge in [-0.3, -0.25) is 0 Å². The van der Waals surface area contributed by atoms with Gasteiger partial charge in [-0.25, -0.2) is 0 Å². The van der Waals surface area contributed by atoms with Crippen LogP contribution in [0.2, 0.25) is 19.1 Å². The average molecular weight is 162 g/mol. The van der Waals surface area contributed by atoms with Gasteiger partial charge in [-0.05, 0) is 19.9 Å². The Morgan fingerprint density at radius 1 is 1.30 bits per heavy atom. The average Bonchev–Trinajstić information content (AvgIpc) is 1.61. The van der Waals surface area contributed by atoms with Gasteiger partial charge in [0.15, 0.2) is 0 Å². The molecule has 0 aliphatic carbocycles. The van der Waals surface area contributed by atoms with Gasteiger partial charge in [0.2, 0.25) is 0 Å². The predicted octanol–water partition coefficient (Wildman–Crippen LogP) is 0.997. The first-order valence-corrected chi connectivity index (χ1v) is 6.85. The summed E-state index contributed by atoms with van der Waals surface area (Å²) >= 11 is 0. The normalized spacial score (nSPS) is 13.8. The zero-order valence-corrected chi connectivity index (χ0v) is 8.31. The van der Waals surface area contributed by atoms with Gasteiger partial charge < -0.3 is 10.2 Å². The Kier molecular flexibility index (Phi) is 3.07. The molecule has 0 aliphatic heterocycles. The summed E-state index contributed by atoms with van der Waals surface area (Å²) in [5.74, 6) is 0. The summed E-state index contributed by atoms with van der Waals surface area (Å²) < 4.78 is 0. The molecule has 0 heterocycles. The van der Waals surface area contributed by atoms with Gasteiger partial charge in [-0.2, -0.15) is 0 Å². The molecule has 0 saturated heterocycles. The van der Waals surface area contributed by atoms with Crippen molar-refractivity contribution in [2.45, 2.75) is 38.2 Å². The second-order valence-electron chi connectivity index (χ2n) is 3.92. The molecule has 0 aromatic carbocycles. The molecule has 0 atom stereocenters. The molecule has 0 aromatic rings. The van der Waals surface area contributed by atoms with Crippen molar-refractivity contribution in [3.63, 3.8) is 0 Å². The van der Waals surface area contributed by atoms with E-state index in [1.54, 1.807) is 0 Å². The van der Waals surface area contributed by atoms with Crippen LogP contribution in [0, 0.1) is 0 Å². The van der Waals surface area contributed by atoms with E-state index in [4.69, 9.17) is 5.11 Å². The topological polar surface area (TPSA) is 40.5 Å². The van der Waals surface area contributed by atoms with Crippen LogP contribution in [-0.2, 0) is 0 Å². The van der Waals surface area contributed by atoms with Crippen molar-refractivity contribution in [2.24, 2.45) is 0 Å². The number of aliphatic hydroxyl groups excluding tert-OH is 1. The Hall–Kier alpha value is 0.137. The Morgan fingerprint density at radius 3 is 1.80 bits per heavy atom. The second-order valence-corrected chi connectivity index (χ2v) is 9.41. The maximum atomic E-state index is 9.63. The fourth-order valence-electron chi connectivity index (χ4n) is 0.585. The smallest absolute Gasteiger partial charge is 0.0866 e. The minimum absolute atomic E-state index is 0.198. The molecular formula is C7H18O2Si. The first-order valence-electron chi connectivity index (χ1n) is 3.64. The highest BCUT2D eigenvalue weighted by Crippen LogP contribution is 2.22. The molecule has 2 nitrogen and oxygen atoms in total. The fraction of sp³-hybridized carbons (Fsp3) is 1.00. The van der Waals surface area contributed by atoms with Gasteiger partial charge in [0.25, 0.3) is 0 Å². The largest absolute Gasteiger partial charge is 0.397 e. The molecule has 0 rings (SSSR count). The van der Waals surface area contributed by atoms with Crippen molar-refractivity contribution in [1.29, 1.82) is 0 Å². The SMILES string of the molecule is CC(C)(O)[Si](C)(C)CCO. The standard InChI is InChI=1S/C7H18O2Si/c1-7(2,9)10(3,4)6-5-8/h8-9H,5-6H2,1-4H3. The predicted molar refractivity (Wildman–Crippen MR) is 45.7 cm³/mol. The van der Waals surface area contributed by atoms with Crippen LogP contribution >= 0.6 is 0 Å². The molecule has 0 unspecified atom stereocenters. The van der Waals surface area contributed by atoms with E-state index >= 15 is 0 Å². The van der Waals surface area contributed by atoms with Gasteiger partial charge in [0.05, 0.1) is 8.07 Å². The van der Waals surface area contributed by atoms with Crippen LogP contribution in [0.15, 0.2) is 0 Å². The van der Waals surface area contributed by atoms with Gasteiger partial charge >= 0.3 is 0 Å². The molecule has 0 bridgehead atoms. The fourth-order valence-corrected chi connectivity index (χ4v) is 1.76. The van der Waals surface area contributed by atoms with Gasteiger partial charge in [0.1, 0.15) is 0 Å². The molecule has 10 heavy (non-hydrogen) atoms. The van der Waals surface area contributed by atoms with Crippen molar-refractivity contribution in [1.82, 2.24) is 0 Å². The van der Waals surface area contributed by atoms with Crippen LogP contribution < -0.4 is 0 Å². The second kappa shape index (κ2) is 3.03. The van der Waals surface area contributed by atoms with Gasteiger partial charge in [-0.15, -0.1) is 0 Å². The van der Waals surface area contributed by atoms with Crippen LogP contribution in [0.3, 0.4) is 0 Å². The molecule has 0 spiro atoms. The van der Waals surface area contributed by atoms with E-state index in [0.717, 1.165) is 6.04 Å². The summed E-state index contributed by atoms with van der Waals surface area (Å²) in [5, 5.41) is 17.7. The zero-order chi connectivity index (χ0) is 8.41. The number of rotatable bonds is 3. The molecule has 0 amide bonds. The molecule has 2 N–H and O–H groups in total. The number of hydrogen-bond acceptors (Lipinski definition) is 2. The Morgan fingerprint density at radius 2 is 1.70 bits per heavy atom. The van der Waals surface area contributed by atoms with Crippen molar-refractivity contribution >= 4 is 8.07 Å². The Balaban J connectivity index is 4.10. The quantitative estimate of drug-likeness (QED) is 0.608. The van der Waals surface area contributed by atoms with Crippen LogP contribution in [-0.4, -0.2) is 30.1 Å². The van der Waals surface area contributed by atoms with Crippen LogP contribution in [0.25, 0.3) is 0 Å². The zero-order valence-electron chi connectivity index (χ0n) is 7.31. The molecule has 0 saturated carbocycles. The Labute approximate surface area is 63.9 Å². The summed E-state index contributed by atoms with van der Waals surface area (Å²) in [6, 6.07) is 0.774. The van der Waals surface area contributed by atoms with E-state index in [1.807, 2.05) is 13.8 Å². The van der Waals surface area contributed by atoms with Crippen LogP contribution in [0.1, 0.15) is 13.8 Å². The summed E-state index contributed by atoms with van der Waals surface area (Å²) in [4.78, 5) is 0. The highest BCUT2D eigenvalue weighted by Gasteiger charge is 2.36. The molecule has 0 radical (unpaired) electrons. The van der Waals surface area contributed by atoms with E-state index in [-0.39, 0.29) is 6.61 Å². The minimum atomic E-state index is -1.60. The van der Waals surface area contributed by atoms with Crippen LogP contribution in [0.5, 0.6) is 0 Å². The van der Waals surface area contributed by atoms with E-state index in [9.17, 15) is 5.11 Å². The lowest BCUT2D eigenvalue weighted by molar-refractivity contribution is 0.153. The van der Waals surface area contributed by atoms with Crippen molar-refractivity contribution < 1.29 is 10.2 Å². The number of hydrogen-bond donors (Lipinski definition) is 2. The van der Waals surface area contributed by atoms with E-state index in [1.165, 1.54) is 0 Å². The molecule has 0 fully saturated rings. The van der Waals surface area contributed by atoms with Crippen molar-refractivity contribution in [2.75, 3.05) is 6.61 Å². The maximum Gasteiger partial charge on any atom is 0.0866 e. The Bertz CT molecular complexity index is 105. The lowest BCUT2D eigenvalue weighted by Crippen LogP contribution is -2.50. The minimum Gasteiger partial charge on any atom is -0.397 e. The molecular weight excluding hydrogens is 144 g/mol. The summed E-state index contributed by atoms with van der Waals surface area (Å²) in [6.07, 6.45) is 0. The van der Waals surface area contributed by atoms with E-state index in [0.29, 0.717) is 0 Å². The third kappa shape index (κ3) is 2.40. The molecule has 0 aliphatic rings. The van der Waals surface area contributed by atoms with E-state index < -0.39 is 13.3 Å². The molecule has 3 heteroatoms. The van der Waals surface area contributed by atoms with E-state index in [2.05, 4.69) is 13.1 Å². The first kappa shape index (κ1) is 10.1.